The van der Waals surface area contributed by atoms with Crippen LogP contribution in [-0.4, -0.2) is 10.0 Å². The van der Waals surface area contributed by atoms with Gasteiger partial charge < -0.3 is 9.84 Å². The number of halogens is 1. The first kappa shape index (κ1) is 12.6. The zero-order valence-corrected chi connectivity index (χ0v) is 11.2. The Morgan fingerprint density at radius 1 is 1.17 bits per heavy atom. The van der Waals surface area contributed by atoms with E-state index in [1.54, 1.807) is 18.2 Å². The van der Waals surface area contributed by atoms with Crippen molar-refractivity contribution in [2.24, 2.45) is 0 Å². The van der Waals surface area contributed by atoms with Crippen molar-refractivity contribution in [2.75, 3.05) is 0 Å². The lowest BCUT2D eigenvalue weighted by Gasteiger charge is -2.07. The number of benzene rings is 2. The second-order valence-corrected chi connectivity index (χ2v) is 4.68. The van der Waals surface area contributed by atoms with Crippen LogP contribution in [0.2, 0.25) is 0 Å². The fourth-order valence-electron chi connectivity index (χ4n) is 1.38. The molecule has 0 saturated heterocycles. The topological polar surface area (TPSA) is 72.6 Å². The van der Waals surface area contributed by atoms with Crippen LogP contribution in [0.1, 0.15) is 0 Å². The number of ether oxygens (including phenoxy) is 1. The van der Waals surface area contributed by atoms with E-state index in [9.17, 15) is 15.2 Å². The SMILES string of the molecule is O=[N+]([O-])c1cc(I)ccc1Oc1ccccc1O. The van der Waals surface area contributed by atoms with Gasteiger partial charge in [0.15, 0.2) is 11.5 Å². The number of nitrogens with zero attached hydrogens (tertiary/aromatic N) is 1. The van der Waals surface area contributed by atoms with Crippen molar-refractivity contribution in [3.63, 3.8) is 0 Å². The van der Waals surface area contributed by atoms with Gasteiger partial charge in [0.2, 0.25) is 5.75 Å². The molecule has 0 unspecified atom stereocenters. The van der Waals surface area contributed by atoms with Crippen molar-refractivity contribution in [3.05, 3.63) is 56.1 Å². The molecular formula is C12H8INO4. The highest BCUT2D eigenvalue weighted by Crippen LogP contribution is 2.35. The molecule has 0 atom stereocenters. The summed E-state index contributed by atoms with van der Waals surface area (Å²) >= 11 is 1.98. The molecule has 0 saturated carbocycles. The zero-order chi connectivity index (χ0) is 13.1. The van der Waals surface area contributed by atoms with E-state index in [4.69, 9.17) is 4.74 Å². The lowest BCUT2D eigenvalue weighted by atomic mass is 10.3. The van der Waals surface area contributed by atoms with E-state index < -0.39 is 4.92 Å². The summed E-state index contributed by atoms with van der Waals surface area (Å²) < 4.78 is 6.10. The summed E-state index contributed by atoms with van der Waals surface area (Å²) in [6.07, 6.45) is 0. The van der Waals surface area contributed by atoms with Crippen LogP contribution in [0.15, 0.2) is 42.5 Å². The molecule has 0 spiro atoms. The van der Waals surface area contributed by atoms with E-state index in [0.29, 0.717) is 0 Å². The maximum absolute atomic E-state index is 10.9. The van der Waals surface area contributed by atoms with Crippen LogP contribution in [-0.2, 0) is 0 Å². The molecule has 0 aliphatic heterocycles. The number of nitro benzene ring substituents is 1. The minimum absolute atomic E-state index is 0.0645. The Balaban J connectivity index is 2.41. The second kappa shape index (κ2) is 5.21. The van der Waals surface area contributed by atoms with E-state index >= 15 is 0 Å². The second-order valence-electron chi connectivity index (χ2n) is 3.44. The van der Waals surface area contributed by atoms with Gasteiger partial charge in [0.05, 0.1) is 4.92 Å². The zero-order valence-electron chi connectivity index (χ0n) is 9.04. The Morgan fingerprint density at radius 2 is 1.89 bits per heavy atom. The standard InChI is InChI=1S/C12H8INO4/c13-8-5-6-11(9(7-8)14(16)17)18-12-4-2-1-3-10(12)15/h1-7,15H. The van der Waals surface area contributed by atoms with Gasteiger partial charge in [-0.3, -0.25) is 10.1 Å². The third-order valence-electron chi connectivity index (χ3n) is 2.20. The summed E-state index contributed by atoms with van der Waals surface area (Å²) in [5.74, 6) is 0.217. The van der Waals surface area contributed by atoms with Gasteiger partial charge >= 0.3 is 5.69 Å². The van der Waals surface area contributed by atoms with Gasteiger partial charge in [-0.25, -0.2) is 0 Å². The Bertz CT molecular complexity index is 600. The van der Waals surface area contributed by atoms with Crippen molar-refractivity contribution >= 4 is 28.3 Å². The number of phenolic OH excluding ortho intramolecular Hbond substituents is 1. The van der Waals surface area contributed by atoms with Crippen LogP contribution in [0.25, 0.3) is 0 Å². The smallest absolute Gasteiger partial charge is 0.312 e. The summed E-state index contributed by atoms with van der Waals surface area (Å²) in [7, 11) is 0. The number of hydrogen-bond acceptors (Lipinski definition) is 4. The van der Waals surface area contributed by atoms with Crippen LogP contribution < -0.4 is 4.74 Å². The number of aromatic hydroxyl groups is 1. The minimum Gasteiger partial charge on any atom is -0.504 e. The molecule has 0 amide bonds. The molecule has 2 aromatic rings. The molecule has 5 nitrogen and oxygen atoms in total. The molecule has 0 radical (unpaired) electrons. The first-order chi connectivity index (χ1) is 8.58. The molecule has 0 heterocycles. The van der Waals surface area contributed by atoms with E-state index in [0.717, 1.165) is 3.57 Å². The maximum atomic E-state index is 10.9. The lowest BCUT2D eigenvalue weighted by Crippen LogP contribution is -1.94. The van der Waals surface area contributed by atoms with Crippen molar-refractivity contribution < 1.29 is 14.8 Å². The Kier molecular flexibility index (Phi) is 3.66. The maximum Gasteiger partial charge on any atom is 0.312 e. The molecule has 2 aromatic carbocycles. The fourth-order valence-corrected chi connectivity index (χ4v) is 1.86. The summed E-state index contributed by atoms with van der Waals surface area (Å²) in [5, 5.41) is 20.5. The van der Waals surface area contributed by atoms with Gasteiger partial charge in [-0.15, -0.1) is 0 Å². The van der Waals surface area contributed by atoms with Crippen LogP contribution in [0.4, 0.5) is 5.69 Å². The highest BCUT2D eigenvalue weighted by atomic mass is 127. The monoisotopic (exact) mass is 357 g/mol. The van der Waals surface area contributed by atoms with Crippen molar-refractivity contribution in [3.8, 4) is 17.2 Å². The number of phenols is 1. The van der Waals surface area contributed by atoms with E-state index in [1.165, 1.54) is 24.3 Å². The molecule has 2 rings (SSSR count). The quantitative estimate of drug-likeness (QED) is 0.517. The predicted molar refractivity (Wildman–Crippen MR) is 74.0 cm³/mol. The van der Waals surface area contributed by atoms with E-state index in [1.807, 2.05) is 22.6 Å². The first-order valence-electron chi connectivity index (χ1n) is 4.97. The van der Waals surface area contributed by atoms with Crippen molar-refractivity contribution in [1.82, 2.24) is 0 Å². The fraction of sp³-hybridized carbons (Fsp3) is 0. The molecule has 92 valence electrons. The summed E-state index contributed by atoms with van der Waals surface area (Å²) in [6, 6.07) is 10.9. The summed E-state index contributed by atoms with van der Waals surface area (Å²) in [6.45, 7) is 0. The minimum atomic E-state index is -0.516. The van der Waals surface area contributed by atoms with Gasteiger partial charge in [-0.2, -0.15) is 0 Å². The van der Waals surface area contributed by atoms with Gasteiger partial charge in [-0.05, 0) is 46.9 Å². The van der Waals surface area contributed by atoms with Crippen LogP contribution in [0.3, 0.4) is 0 Å². The number of rotatable bonds is 3. The van der Waals surface area contributed by atoms with Crippen molar-refractivity contribution in [2.45, 2.75) is 0 Å². The van der Waals surface area contributed by atoms with Gasteiger partial charge in [0, 0.05) is 9.64 Å². The number of hydrogen-bond donors (Lipinski definition) is 1. The largest absolute Gasteiger partial charge is 0.504 e. The molecule has 1 N–H and O–H groups in total. The van der Waals surface area contributed by atoms with Crippen LogP contribution >= 0.6 is 22.6 Å². The third-order valence-corrected chi connectivity index (χ3v) is 2.87. The van der Waals surface area contributed by atoms with Crippen molar-refractivity contribution in [1.29, 1.82) is 0 Å². The normalized spacial score (nSPS) is 10.1. The van der Waals surface area contributed by atoms with E-state index in [2.05, 4.69) is 0 Å². The highest BCUT2D eigenvalue weighted by molar-refractivity contribution is 14.1. The van der Waals surface area contributed by atoms with Gasteiger partial charge in [0.1, 0.15) is 0 Å². The molecule has 18 heavy (non-hydrogen) atoms. The molecular weight excluding hydrogens is 349 g/mol. The van der Waals surface area contributed by atoms with Gasteiger partial charge in [-0.1, -0.05) is 12.1 Å². The van der Waals surface area contributed by atoms with Crippen LogP contribution in [0, 0.1) is 13.7 Å². The molecule has 6 heteroatoms. The summed E-state index contributed by atoms with van der Waals surface area (Å²) in [4.78, 5) is 10.4. The molecule has 0 aromatic heterocycles. The Morgan fingerprint density at radius 3 is 2.56 bits per heavy atom. The Labute approximate surface area is 116 Å². The van der Waals surface area contributed by atoms with Crippen LogP contribution in [0.5, 0.6) is 17.2 Å². The Hall–Kier alpha value is -1.83. The molecule has 0 aliphatic rings. The first-order valence-corrected chi connectivity index (χ1v) is 6.05. The summed E-state index contributed by atoms with van der Waals surface area (Å²) in [5.41, 5.74) is -0.134. The van der Waals surface area contributed by atoms with Gasteiger partial charge in [0.25, 0.3) is 0 Å². The molecule has 0 aliphatic carbocycles. The molecule has 0 bridgehead atoms. The average Bonchev–Trinajstić information content (AvgIpc) is 2.34. The number of para-hydroxylation sites is 2. The lowest BCUT2D eigenvalue weighted by molar-refractivity contribution is -0.385. The average molecular weight is 357 g/mol. The highest BCUT2D eigenvalue weighted by Gasteiger charge is 2.17. The predicted octanol–water partition coefficient (Wildman–Crippen LogP) is 3.70. The molecule has 0 fully saturated rings. The van der Waals surface area contributed by atoms with E-state index in [-0.39, 0.29) is 22.9 Å². The number of nitro groups is 1. The third kappa shape index (κ3) is 2.70.